The van der Waals surface area contributed by atoms with Crippen LogP contribution < -0.4 is 16.8 Å². The molecule has 1 aromatic heterocycles. The number of nitriles is 1. The van der Waals surface area contributed by atoms with Crippen molar-refractivity contribution < 1.29 is 4.79 Å². The summed E-state index contributed by atoms with van der Waals surface area (Å²) in [6, 6.07) is 1.98. The Hall–Kier alpha value is -1.74. The second kappa shape index (κ2) is 5.37. The zero-order valence-corrected chi connectivity index (χ0v) is 9.86. The Bertz CT molecular complexity index is 433. The van der Waals surface area contributed by atoms with E-state index in [1.165, 1.54) is 0 Å². The van der Waals surface area contributed by atoms with Gasteiger partial charge in [-0.3, -0.25) is 4.79 Å². The van der Waals surface area contributed by atoms with Crippen molar-refractivity contribution in [2.45, 2.75) is 19.8 Å². The van der Waals surface area contributed by atoms with Crippen molar-refractivity contribution in [3.8, 4) is 6.07 Å². The van der Waals surface area contributed by atoms with Crippen molar-refractivity contribution in [1.29, 1.82) is 5.26 Å². The molecule has 5 N–H and O–H groups in total. The van der Waals surface area contributed by atoms with E-state index in [2.05, 4.69) is 12.2 Å². The lowest BCUT2D eigenvalue weighted by molar-refractivity contribution is 0.100. The number of nitrogen functional groups attached to an aromatic ring is 1. The zero-order chi connectivity index (χ0) is 12.1. The normalized spacial score (nSPS) is 9.75. The third kappa shape index (κ3) is 2.44. The van der Waals surface area contributed by atoms with Gasteiger partial charge in [0.25, 0.3) is 5.91 Å². The minimum atomic E-state index is -0.595. The number of carbonyl (C=O) groups excluding carboxylic acids is 1. The van der Waals surface area contributed by atoms with Crippen LogP contribution >= 0.6 is 11.3 Å². The topological polar surface area (TPSA) is 105 Å². The predicted octanol–water partition coefficient (Wildman–Crippen LogP) is 1.51. The monoisotopic (exact) mass is 238 g/mol. The molecule has 16 heavy (non-hydrogen) atoms. The highest BCUT2D eigenvalue weighted by Crippen LogP contribution is 2.34. The maximum atomic E-state index is 11.0. The Morgan fingerprint density at radius 3 is 2.81 bits per heavy atom. The average Bonchev–Trinajstić information content (AvgIpc) is 2.55. The van der Waals surface area contributed by atoms with Crippen LogP contribution in [0.1, 0.15) is 35.0 Å². The first kappa shape index (κ1) is 12.3. The first-order valence-electron chi connectivity index (χ1n) is 4.97. The number of rotatable bonds is 5. The van der Waals surface area contributed by atoms with Gasteiger partial charge in [-0.15, -0.1) is 11.3 Å². The number of unbranched alkanes of at least 4 members (excludes halogenated alkanes) is 1. The first-order chi connectivity index (χ1) is 7.61. The van der Waals surface area contributed by atoms with Crippen LogP contribution in [0.15, 0.2) is 0 Å². The molecule has 1 heterocycles. The van der Waals surface area contributed by atoms with Crippen LogP contribution in [0.2, 0.25) is 0 Å². The molecule has 0 radical (unpaired) electrons. The van der Waals surface area contributed by atoms with Crippen molar-refractivity contribution >= 4 is 27.9 Å². The third-order valence-corrected chi connectivity index (χ3v) is 3.27. The molecule has 0 saturated heterocycles. The molecule has 0 aliphatic heterocycles. The van der Waals surface area contributed by atoms with E-state index in [4.69, 9.17) is 16.7 Å². The summed E-state index contributed by atoms with van der Waals surface area (Å²) in [4.78, 5) is 11.3. The molecule has 5 nitrogen and oxygen atoms in total. The molecule has 86 valence electrons. The molecule has 0 unspecified atom stereocenters. The first-order valence-corrected chi connectivity index (χ1v) is 5.79. The van der Waals surface area contributed by atoms with Crippen LogP contribution in [0.5, 0.6) is 0 Å². The fourth-order valence-electron chi connectivity index (χ4n) is 1.24. The number of nitrogens with one attached hydrogen (secondary N) is 1. The molecule has 1 amide bonds. The number of hydrogen-bond acceptors (Lipinski definition) is 5. The Labute approximate surface area is 98.0 Å². The van der Waals surface area contributed by atoms with Gasteiger partial charge >= 0.3 is 0 Å². The summed E-state index contributed by atoms with van der Waals surface area (Å²) < 4.78 is 0. The van der Waals surface area contributed by atoms with Gasteiger partial charge in [0.2, 0.25) is 0 Å². The Morgan fingerprint density at radius 1 is 1.62 bits per heavy atom. The molecular formula is C10H14N4OS. The molecule has 0 atom stereocenters. The van der Waals surface area contributed by atoms with Gasteiger partial charge in [-0.25, -0.2) is 0 Å². The van der Waals surface area contributed by atoms with Gasteiger partial charge in [-0.1, -0.05) is 13.3 Å². The highest BCUT2D eigenvalue weighted by Gasteiger charge is 2.18. The number of carbonyl (C=O) groups is 1. The fourth-order valence-corrected chi connectivity index (χ4v) is 2.19. The summed E-state index contributed by atoms with van der Waals surface area (Å²) in [7, 11) is 0. The van der Waals surface area contributed by atoms with E-state index < -0.39 is 5.91 Å². The fraction of sp³-hybridized carbons (Fsp3) is 0.400. The van der Waals surface area contributed by atoms with Gasteiger partial charge in [0.15, 0.2) is 0 Å². The second-order valence-electron chi connectivity index (χ2n) is 3.31. The highest BCUT2D eigenvalue weighted by molar-refractivity contribution is 7.18. The van der Waals surface area contributed by atoms with Crippen LogP contribution in [-0.2, 0) is 0 Å². The SMILES string of the molecule is CCCCNc1sc(C(N)=O)c(N)c1C#N. The molecule has 1 rings (SSSR count). The van der Waals surface area contributed by atoms with Crippen molar-refractivity contribution in [2.75, 3.05) is 17.6 Å². The molecule has 6 heteroatoms. The predicted molar refractivity (Wildman–Crippen MR) is 65.4 cm³/mol. The summed E-state index contributed by atoms with van der Waals surface area (Å²) >= 11 is 1.14. The average molecular weight is 238 g/mol. The van der Waals surface area contributed by atoms with Gasteiger partial charge in [-0.2, -0.15) is 5.26 Å². The van der Waals surface area contributed by atoms with E-state index in [0.29, 0.717) is 10.6 Å². The van der Waals surface area contributed by atoms with Gasteiger partial charge in [0.1, 0.15) is 21.5 Å². The summed E-state index contributed by atoms with van der Waals surface area (Å²) in [5.41, 5.74) is 11.3. The number of thiophene rings is 1. The summed E-state index contributed by atoms with van der Waals surface area (Å²) in [6.45, 7) is 2.83. The van der Waals surface area contributed by atoms with Crippen LogP contribution in [0.25, 0.3) is 0 Å². The molecule has 0 bridgehead atoms. The lowest BCUT2D eigenvalue weighted by Crippen LogP contribution is -2.10. The van der Waals surface area contributed by atoms with Crippen molar-refractivity contribution in [2.24, 2.45) is 5.73 Å². The third-order valence-electron chi connectivity index (χ3n) is 2.10. The molecule has 0 fully saturated rings. The van der Waals surface area contributed by atoms with Gasteiger partial charge < -0.3 is 16.8 Å². The maximum absolute atomic E-state index is 11.0. The van der Waals surface area contributed by atoms with Gasteiger partial charge in [0.05, 0.1) is 5.69 Å². The number of hydrogen-bond donors (Lipinski definition) is 3. The van der Waals surface area contributed by atoms with E-state index in [0.717, 1.165) is 30.7 Å². The number of primary amides is 1. The van der Waals surface area contributed by atoms with Crippen LogP contribution in [-0.4, -0.2) is 12.5 Å². The van der Waals surface area contributed by atoms with E-state index in [1.807, 2.05) is 6.07 Å². The van der Waals surface area contributed by atoms with E-state index >= 15 is 0 Å². The smallest absolute Gasteiger partial charge is 0.261 e. The van der Waals surface area contributed by atoms with Crippen molar-refractivity contribution in [3.63, 3.8) is 0 Å². The van der Waals surface area contributed by atoms with E-state index in [9.17, 15) is 4.79 Å². The van der Waals surface area contributed by atoms with Crippen LogP contribution in [0.4, 0.5) is 10.7 Å². The summed E-state index contributed by atoms with van der Waals surface area (Å²) in [6.07, 6.45) is 2.05. The standard InChI is InChI=1S/C10H14N4OS/c1-2-3-4-14-10-6(5-11)7(12)8(16-10)9(13)15/h14H,2-4,12H2,1H3,(H2,13,15). The summed E-state index contributed by atoms with van der Waals surface area (Å²) in [5, 5.41) is 12.7. The Morgan fingerprint density at radius 2 is 2.31 bits per heavy atom. The largest absolute Gasteiger partial charge is 0.396 e. The van der Waals surface area contributed by atoms with Crippen molar-refractivity contribution in [3.05, 3.63) is 10.4 Å². The molecule has 0 aromatic carbocycles. The Kier molecular flexibility index (Phi) is 4.14. The zero-order valence-electron chi connectivity index (χ0n) is 9.04. The second-order valence-corrected chi connectivity index (χ2v) is 4.33. The minimum Gasteiger partial charge on any atom is -0.396 e. The van der Waals surface area contributed by atoms with Crippen LogP contribution in [0.3, 0.4) is 0 Å². The van der Waals surface area contributed by atoms with Gasteiger partial charge in [-0.05, 0) is 6.42 Å². The molecule has 0 aliphatic carbocycles. The number of amides is 1. The lowest BCUT2D eigenvalue weighted by atomic mass is 10.2. The lowest BCUT2D eigenvalue weighted by Gasteiger charge is -2.01. The maximum Gasteiger partial charge on any atom is 0.261 e. The van der Waals surface area contributed by atoms with E-state index in [1.54, 1.807) is 0 Å². The highest BCUT2D eigenvalue weighted by atomic mass is 32.1. The molecule has 0 spiro atoms. The molecular weight excluding hydrogens is 224 g/mol. The molecule has 0 saturated carbocycles. The summed E-state index contributed by atoms with van der Waals surface area (Å²) in [5.74, 6) is -0.595. The number of nitrogens with two attached hydrogens (primary N) is 2. The van der Waals surface area contributed by atoms with E-state index in [-0.39, 0.29) is 10.6 Å². The Balaban J connectivity index is 2.96. The van der Waals surface area contributed by atoms with Crippen molar-refractivity contribution in [1.82, 2.24) is 0 Å². The number of nitrogens with zero attached hydrogens (tertiary/aromatic N) is 1. The quantitative estimate of drug-likeness (QED) is 0.676. The van der Waals surface area contributed by atoms with Crippen LogP contribution in [0, 0.1) is 11.3 Å². The number of anilines is 2. The molecule has 0 aliphatic rings. The minimum absolute atomic E-state index is 0.180. The van der Waals surface area contributed by atoms with Gasteiger partial charge in [0, 0.05) is 6.54 Å². The molecule has 1 aromatic rings.